The van der Waals surface area contributed by atoms with Crippen LogP contribution in [0, 0.1) is 0 Å². The van der Waals surface area contributed by atoms with E-state index in [2.05, 4.69) is 10.6 Å². The van der Waals surface area contributed by atoms with Crippen molar-refractivity contribution in [2.75, 3.05) is 24.9 Å². The summed E-state index contributed by atoms with van der Waals surface area (Å²) in [6.07, 6.45) is -1.06. The third-order valence-electron chi connectivity index (χ3n) is 3.67. The summed E-state index contributed by atoms with van der Waals surface area (Å²) < 4.78 is 15.5. The summed E-state index contributed by atoms with van der Waals surface area (Å²) in [6, 6.07) is 10.1. The van der Waals surface area contributed by atoms with Crippen LogP contribution in [0.2, 0.25) is 0 Å². The van der Waals surface area contributed by atoms with Crippen LogP contribution in [0.1, 0.15) is 17.3 Å². The molecule has 0 saturated heterocycles. The first-order chi connectivity index (χ1) is 13.3. The Labute approximate surface area is 161 Å². The van der Waals surface area contributed by atoms with Gasteiger partial charge in [-0.3, -0.25) is 4.79 Å². The van der Waals surface area contributed by atoms with Gasteiger partial charge in [0.15, 0.2) is 17.6 Å². The van der Waals surface area contributed by atoms with Gasteiger partial charge in [0.05, 0.1) is 19.8 Å². The Morgan fingerprint density at radius 1 is 0.929 bits per heavy atom. The highest BCUT2D eigenvalue weighted by Gasteiger charge is 2.20. The van der Waals surface area contributed by atoms with Gasteiger partial charge in [0.2, 0.25) is 0 Å². The van der Waals surface area contributed by atoms with E-state index in [-0.39, 0.29) is 5.56 Å². The van der Waals surface area contributed by atoms with Gasteiger partial charge in [0.25, 0.3) is 5.91 Å². The smallest absolute Gasteiger partial charge is 0.338 e. The molecule has 0 bridgehead atoms. The molecule has 2 rings (SSSR count). The Kier molecular flexibility index (Phi) is 6.80. The Morgan fingerprint density at radius 3 is 2.25 bits per heavy atom. The molecule has 0 aliphatic carbocycles. The second kappa shape index (κ2) is 9.26. The first-order valence-electron chi connectivity index (χ1n) is 8.24. The highest BCUT2D eigenvalue weighted by atomic mass is 16.5. The van der Waals surface area contributed by atoms with Crippen molar-refractivity contribution < 1.29 is 28.6 Å². The number of carbonyl (C=O) groups excluding carboxylic acids is 3. The number of amides is 3. The minimum absolute atomic E-state index is 0.164. The molecule has 0 radical (unpaired) electrons. The van der Waals surface area contributed by atoms with Crippen LogP contribution in [0.15, 0.2) is 42.5 Å². The van der Waals surface area contributed by atoms with E-state index in [0.29, 0.717) is 22.9 Å². The van der Waals surface area contributed by atoms with Crippen LogP contribution in [0.25, 0.3) is 0 Å². The number of nitrogens with two attached hydrogens (primary N) is 1. The Bertz CT molecular complexity index is 884. The molecule has 0 aliphatic heterocycles. The lowest BCUT2D eigenvalue weighted by molar-refractivity contribution is -0.123. The Morgan fingerprint density at radius 2 is 1.61 bits per heavy atom. The van der Waals surface area contributed by atoms with Gasteiger partial charge in [-0.05, 0) is 37.3 Å². The molecule has 4 N–H and O–H groups in total. The van der Waals surface area contributed by atoms with Gasteiger partial charge in [-0.25, -0.2) is 9.59 Å². The molecule has 0 aromatic heterocycles. The molecule has 2 aromatic rings. The second-order valence-corrected chi connectivity index (χ2v) is 5.68. The van der Waals surface area contributed by atoms with E-state index < -0.39 is 24.0 Å². The quantitative estimate of drug-likeness (QED) is 0.626. The van der Waals surface area contributed by atoms with E-state index >= 15 is 0 Å². The molecule has 0 fully saturated rings. The van der Waals surface area contributed by atoms with Crippen molar-refractivity contribution >= 4 is 29.3 Å². The van der Waals surface area contributed by atoms with E-state index in [1.165, 1.54) is 33.3 Å². The normalized spacial score (nSPS) is 11.1. The minimum atomic E-state index is -1.06. The number of benzene rings is 2. The fourth-order valence-electron chi connectivity index (χ4n) is 2.31. The maximum atomic E-state index is 12.3. The van der Waals surface area contributed by atoms with Crippen molar-refractivity contribution in [2.45, 2.75) is 13.0 Å². The molecule has 9 heteroatoms. The van der Waals surface area contributed by atoms with Crippen LogP contribution in [0.4, 0.5) is 16.2 Å². The molecule has 0 heterocycles. The minimum Gasteiger partial charge on any atom is -0.493 e. The molecule has 0 unspecified atom stereocenters. The summed E-state index contributed by atoms with van der Waals surface area (Å²) in [4.78, 5) is 35.5. The van der Waals surface area contributed by atoms with E-state index in [0.717, 1.165) is 0 Å². The summed E-state index contributed by atoms with van der Waals surface area (Å²) in [5, 5.41) is 5.00. The monoisotopic (exact) mass is 387 g/mol. The number of hydrogen-bond acceptors (Lipinski definition) is 6. The number of rotatable bonds is 7. The van der Waals surface area contributed by atoms with E-state index in [4.69, 9.17) is 19.9 Å². The number of anilines is 2. The Balaban J connectivity index is 2.02. The number of ether oxygens (including phenoxy) is 3. The van der Waals surface area contributed by atoms with Crippen LogP contribution < -0.4 is 25.8 Å². The fourth-order valence-corrected chi connectivity index (χ4v) is 2.31. The zero-order valence-corrected chi connectivity index (χ0v) is 15.6. The number of urea groups is 1. The van der Waals surface area contributed by atoms with Gasteiger partial charge in [0, 0.05) is 17.4 Å². The van der Waals surface area contributed by atoms with Crippen LogP contribution in [0.3, 0.4) is 0 Å². The van der Waals surface area contributed by atoms with Crippen LogP contribution in [-0.2, 0) is 9.53 Å². The average molecular weight is 387 g/mol. The lowest BCUT2D eigenvalue weighted by Crippen LogP contribution is -2.30. The number of carbonyl (C=O) groups is 3. The lowest BCUT2D eigenvalue weighted by atomic mass is 10.2. The fraction of sp³-hybridized carbons (Fsp3) is 0.211. The van der Waals surface area contributed by atoms with Crippen molar-refractivity contribution in [1.82, 2.24) is 0 Å². The van der Waals surface area contributed by atoms with Crippen molar-refractivity contribution in [2.24, 2.45) is 5.73 Å². The van der Waals surface area contributed by atoms with Gasteiger partial charge in [0.1, 0.15) is 0 Å². The van der Waals surface area contributed by atoms with Crippen LogP contribution >= 0.6 is 0 Å². The SMILES string of the molecule is COc1ccc(NC(=O)[C@@H](C)OC(=O)c2cccc(NC(N)=O)c2)cc1OC. The predicted molar refractivity (Wildman–Crippen MR) is 103 cm³/mol. The first kappa shape index (κ1) is 20.6. The number of hydrogen-bond donors (Lipinski definition) is 3. The average Bonchev–Trinajstić information content (AvgIpc) is 2.67. The van der Waals surface area contributed by atoms with E-state index in [1.54, 1.807) is 30.3 Å². The molecule has 1 atom stereocenters. The van der Waals surface area contributed by atoms with E-state index in [9.17, 15) is 14.4 Å². The second-order valence-electron chi connectivity index (χ2n) is 5.68. The molecule has 0 saturated carbocycles. The van der Waals surface area contributed by atoms with Gasteiger partial charge in [-0.1, -0.05) is 6.07 Å². The number of methoxy groups -OCH3 is 2. The van der Waals surface area contributed by atoms with Crippen molar-refractivity contribution in [3.8, 4) is 11.5 Å². The van der Waals surface area contributed by atoms with Crippen molar-refractivity contribution in [3.63, 3.8) is 0 Å². The maximum Gasteiger partial charge on any atom is 0.338 e. The highest BCUT2D eigenvalue weighted by molar-refractivity contribution is 5.98. The summed E-state index contributed by atoms with van der Waals surface area (Å²) in [6.45, 7) is 1.44. The molecule has 28 heavy (non-hydrogen) atoms. The Hall–Kier alpha value is -3.75. The largest absolute Gasteiger partial charge is 0.493 e. The molecule has 0 spiro atoms. The molecular weight excluding hydrogens is 366 g/mol. The summed E-state index contributed by atoms with van der Waals surface area (Å²) in [5.74, 6) is -0.275. The summed E-state index contributed by atoms with van der Waals surface area (Å²) >= 11 is 0. The zero-order valence-electron chi connectivity index (χ0n) is 15.6. The van der Waals surface area contributed by atoms with Crippen molar-refractivity contribution in [1.29, 1.82) is 0 Å². The topological polar surface area (TPSA) is 129 Å². The standard InChI is InChI=1S/C19H21N3O6/c1-11(17(23)21-14-7-8-15(26-2)16(10-14)27-3)28-18(24)12-5-4-6-13(9-12)22-19(20)25/h4-11H,1-3H3,(H,21,23)(H3,20,22,25)/t11-/m1/s1. The molecule has 0 aliphatic rings. The molecular formula is C19H21N3O6. The number of primary amides is 1. The third-order valence-corrected chi connectivity index (χ3v) is 3.67. The van der Waals surface area contributed by atoms with Gasteiger partial charge in [-0.2, -0.15) is 0 Å². The lowest BCUT2D eigenvalue weighted by Gasteiger charge is -2.15. The third kappa shape index (κ3) is 5.37. The van der Waals surface area contributed by atoms with E-state index in [1.807, 2.05) is 0 Å². The number of nitrogens with one attached hydrogen (secondary N) is 2. The molecule has 9 nitrogen and oxygen atoms in total. The molecule has 148 valence electrons. The van der Waals surface area contributed by atoms with Crippen LogP contribution in [0.5, 0.6) is 11.5 Å². The highest BCUT2D eigenvalue weighted by Crippen LogP contribution is 2.29. The van der Waals surface area contributed by atoms with Crippen molar-refractivity contribution in [3.05, 3.63) is 48.0 Å². The predicted octanol–water partition coefficient (Wildman–Crippen LogP) is 2.38. The maximum absolute atomic E-state index is 12.3. The first-order valence-corrected chi connectivity index (χ1v) is 8.24. The zero-order chi connectivity index (χ0) is 20.7. The van der Waals surface area contributed by atoms with Gasteiger partial charge < -0.3 is 30.6 Å². The van der Waals surface area contributed by atoms with Gasteiger partial charge in [-0.15, -0.1) is 0 Å². The molecule has 3 amide bonds. The molecule has 2 aromatic carbocycles. The van der Waals surface area contributed by atoms with Crippen LogP contribution in [-0.4, -0.2) is 38.2 Å². The van der Waals surface area contributed by atoms with Gasteiger partial charge >= 0.3 is 12.0 Å². The summed E-state index contributed by atoms with van der Waals surface area (Å²) in [5.41, 5.74) is 6.01. The summed E-state index contributed by atoms with van der Waals surface area (Å²) in [7, 11) is 2.99. The number of esters is 1.